The summed E-state index contributed by atoms with van der Waals surface area (Å²) in [5.74, 6) is -0.671. The van der Waals surface area contributed by atoms with Crippen LogP contribution in [0.1, 0.15) is 128 Å². The van der Waals surface area contributed by atoms with Gasteiger partial charge in [0, 0.05) is 17.6 Å². The zero-order valence-corrected chi connectivity index (χ0v) is 23.5. The number of hydrogen-bond donors (Lipinski definition) is 1. The smallest absolute Gasteiger partial charge is 0.327 e. The third-order valence-corrected chi connectivity index (χ3v) is 9.47. The van der Waals surface area contributed by atoms with Crippen molar-refractivity contribution in [1.29, 1.82) is 5.26 Å². The summed E-state index contributed by atoms with van der Waals surface area (Å²) >= 11 is 0. The summed E-state index contributed by atoms with van der Waals surface area (Å²) in [6.45, 7) is 3.42. The van der Waals surface area contributed by atoms with Gasteiger partial charge in [0.2, 0.25) is 0 Å². The van der Waals surface area contributed by atoms with E-state index in [1.807, 2.05) is 11.1 Å². The molecule has 0 spiro atoms. The Bertz CT molecular complexity index is 953. The van der Waals surface area contributed by atoms with Gasteiger partial charge in [0.05, 0.1) is 23.5 Å². The van der Waals surface area contributed by atoms with Crippen LogP contribution in [0.4, 0.5) is 4.39 Å². The zero-order chi connectivity index (χ0) is 27.2. The van der Waals surface area contributed by atoms with Crippen LogP contribution in [-0.4, -0.2) is 33.8 Å². The van der Waals surface area contributed by atoms with Crippen molar-refractivity contribution in [2.24, 2.45) is 5.92 Å². The molecule has 0 saturated heterocycles. The molecule has 1 aromatic carbocycles. The number of nitriles is 1. The zero-order valence-electron chi connectivity index (χ0n) is 23.5. The van der Waals surface area contributed by atoms with Crippen molar-refractivity contribution < 1.29 is 19.1 Å². The van der Waals surface area contributed by atoms with Crippen molar-refractivity contribution in [3.63, 3.8) is 0 Å². The van der Waals surface area contributed by atoms with Crippen LogP contribution in [0.2, 0.25) is 0 Å². The monoisotopic (exact) mass is 526 g/mol. The molecule has 0 amide bonds. The Morgan fingerprint density at radius 1 is 1.00 bits per heavy atom. The van der Waals surface area contributed by atoms with Crippen LogP contribution in [-0.2, 0) is 21.5 Å². The molecule has 0 radical (unpaired) electrons. The molecule has 210 valence electrons. The maximum absolute atomic E-state index is 14.9. The molecule has 4 rings (SSSR count). The average molecular weight is 527 g/mol. The number of aliphatic hydroxyl groups is 1. The van der Waals surface area contributed by atoms with Crippen molar-refractivity contribution >= 4 is 5.97 Å². The van der Waals surface area contributed by atoms with E-state index in [0.717, 1.165) is 56.9 Å². The largest absolute Gasteiger partial charge is 0.389 e. The molecule has 0 aliphatic heterocycles. The number of benzene rings is 1. The van der Waals surface area contributed by atoms with Gasteiger partial charge in [0.25, 0.3) is 0 Å². The van der Waals surface area contributed by atoms with E-state index >= 15 is 0 Å². The fourth-order valence-corrected chi connectivity index (χ4v) is 7.06. The Kier molecular flexibility index (Phi) is 9.87. The number of carbonyl (C=O) groups is 1. The van der Waals surface area contributed by atoms with Gasteiger partial charge in [-0.2, -0.15) is 5.26 Å². The second kappa shape index (κ2) is 12.9. The molecule has 1 unspecified atom stereocenters. The van der Waals surface area contributed by atoms with Crippen molar-refractivity contribution in [2.75, 3.05) is 0 Å². The first-order valence-corrected chi connectivity index (χ1v) is 15.1. The summed E-state index contributed by atoms with van der Waals surface area (Å²) < 4.78 is 14.9. The summed E-state index contributed by atoms with van der Waals surface area (Å²) in [5, 5.41) is 23.3. The lowest BCUT2D eigenvalue weighted by Gasteiger charge is -2.40. The minimum absolute atomic E-state index is 0.0182. The summed E-state index contributed by atoms with van der Waals surface area (Å²) in [4.78, 5) is 19.6. The van der Waals surface area contributed by atoms with Crippen molar-refractivity contribution in [3.05, 3.63) is 35.1 Å². The Morgan fingerprint density at radius 2 is 1.55 bits per heavy atom. The first-order chi connectivity index (χ1) is 18.2. The van der Waals surface area contributed by atoms with E-state index < -0.39 is 16.8 Å². The standard InChI is InChI=1S/C32H47FN2O3/c1-31(2,23-34)28-18-17-24(21-29(28)33)19-20-32(37,25-11-9-10-12-25)22-30(36)38-35(26-13-5-3-6-14-26)27-15-7-4-8-16-27/h17-18,21,25-27,37H,3-16,19-20,22H2,1-2H3. The van der Waals surface area contributed by atoms with Crippen molar-refractivity contribution in [2.45, 2.75) is 146 Å². The molecule has 1 N–H and O–H groups in total. The molecular weight excluding hydrogens is 479 g/mol. The Morgan fingerprint density at radius 3 is 2.08 bits per heavy atom. The molecule has 5 nitrogen and oxygen atoms in total. The SMILES string of the molecule is CC(C)(C#N)c1ccc(CCC(O)(CC(=O)ON(C2CCCCC2)C2CCCCC2)C2CCCC2)cc1F. The molecule has 1 atom stereocenters. The number of aryl methyl sites for hydroxylation is 1. The van der Waals surface area contributed by atoms with Crippen LogP contribution in [0, 0.1) is 23.1 Å². The third kappa shape index (κ3) is 7.16. The van der Waals surface area contributed by atoms with Gasteiger partial charge in [-0.3, -0.25) is 4.79 Å². The van der Waals surface area contributed by atoms with Gasteiger partial charge in [0.1, 0.15) is 5.82 Å². The fourth-order valence-electron chi connectivity index (χ4n) is 7.06. The molecule has 3 aliphatic carbocycles. The van der Waals surface area contributed by atoms with E-state index in [0.29, 0.717) is 18.4 Å². The van der Waals surface area contributed by atoms with Gasteiger partial charge >= 0.3 is 5.97 Å². The minimum Gasteiger partial charge on any atom is -0.389 e. The van der Waals surface area contributed by atoms with E-state index in [2.05, 4.69) is 6.07 Å². The maximum atomic E-state index is 14.9. The van der Waals surface area contributed by atoms with Crippen LogP contribution in [0.25, 0.3) is 0 Å². The first-order valence-electron chi connectivity index (χ1n) is 15.1. The first kappa shape index (κ1) is 29.0. The second-order valence-corrected chi connectivity index (χ2v) is 12.7. The lowest BCUT2D eigenvalue weighted by Crippen LogP contribution is -2.48. The van der Waals surface area contributed by atoms with E-state index in [4.69, 9.17) is 4.84 Å². The fraction of sp³-hybridized carbons (Fsp3) is 0.750. The summed E-state index contributed by atoms with van der Waals surface area (Å²) in [5.41, 5.74) is -0.918. The highest BCUT2D eigenvalue weighted by Gasteiger charge is 2.42. The van der Waals surface area contributed by atoms with Gasteiger partial charge in [-0.25, -0.2) is 4.39 Å². The normalized spacial score (nSPS) is 21.8. The molecule has 3 aliphatic rings. The molecule has 1 aromatic rings. The third-order valence-electron chi connectivity index (χ3n) is 9.47. The van der Waals surface area contributed by atoms with E-state index in [9.17, 15) is 19.6 Å². The predicted octanol–water partition coefficient (Wildman–Crippen LogP) is 7.30. The highest BCUT2D eigenvalue weighted by Crippen LogP contribution is 2.40. The highest BCUT2D eigenvalue weighted by molar-refractivity contribution is 5.70. The molecule has 6 heteroatoms. The Balaban J connectivity index is 1.45. The van der Waals surface area contributed by atoms with Gasteiger partial charge in [-0.15, -0.1) is 5.06 Å². The molecule has 3 fully saturated rings. The lowest BCUT2D eigenvalue weighted by molar-refractivity contribution is -0.227. The molecule has 3 saturated carbocycles. The number of carbonyl (C=O) groups excluding carboxylic acids is 1. The van der Waals surface area contributed by atoms with Crippen molar-refractivity contribution in [3.8, 4) is 6.07 Å². The van der Waals surface area contributed by atoms with Crippen LogP contribution in [0.3, 0.4) is 0 Å². The number of hydroxylamine groups is 2. The number of halogens is 1. The quantitative estimate of drug-likeness (QED) is 0.324. The van der Waals surface area contributed by atoms with Gasteiger partial charge in [-0.05, 0) is 82.8 Å². The van der Waals surface area contributed by atoms with Gasteiger partial charge < -0.3 is 9.94 Å². The Hall–Kier alpha value is -1.97. The van der Waals surface area contributed by atoms with Crippen molar-refractivity contribution in [1.82, 2.24) is 5.06 Å². The predicted molar refractivity (Wildman–Crippen MR) is 147 cm³/mol. The molecule has 0 aromatic heterocycles. The average Bonchev–Trinajstić information content (AvgIpc) is 3.48. The van der Waals surface area contributed by atoms with Crippen LogP contribution in [0.15, 0.2) is 18.2 Å². The highest BCUT2D eigenvalue weighted by atomic mass is 19.1. The van der Waals surface area contributed by atoms with Crippen LogP contribution < -0.4 is 0 Å². The summed E-state index contributed by atoms with van der Waals surface area (Å²) in [6.07, 6.45) is 16.3. The molecule has 0 heterocycles. The van der Waals surface area contributed by atoms with Gasteiger partial charge in [0.15, 0.2) is 0 Å². The van der Waals surface area contributed by atoms with Crippen LogP contribution in [0.5, 0.6) is 0 Å². The molecule has 38 heavy (non-hydrogen) atoms. The van der Waals surface area contributed by atoms with E-state index in [-0.39, 0.29) is 30.4 Å². The van der Waals surface area contributed by atoms with Gasteiger partial charge in [-0.1, -0.05) is 63.5 Å². The molecule has 0 bridgehead atoms. The van der Waals surface area contributed by atoms with Crippen LogP contribution >= 0.6 is 0 Å². The maximum Gasteiger partial charge on any atom is 0.327 e. The summed E-state index contributed by atoms with van der Waals surface area (Å²) in [7, 11) is 0. The van der Waals surface area contributed by atoms with E-state index in [1.54, 1.807) is 19.9 Å². The minimum atomic E-state index is -1.17. The number of hydrogen-bond acceptors (Lipinski definition) is 5. The molecular formula is C32H47FN2O3. The Labute approximate surface area is 228 Å². The summed E-state index contributed by atoms with van der Waals surface area (Å²) in [6, 6.07) is 7.74. The number of nitrogens with zero attached hydrogens (tertiary/aromatic N) is 2. The lowest BCUT2D eigenvalue weighted by atomic mass is 9.78. The number of rotatable bonds is 10. The van der Waals surface area contributed by atoms with E-state index in [1.165, 1.54) is 44.6 Å². The second-order valence-electron chi connectivity index (χ2n) is 12.7. The topological polar surface area (TPSA) is 73.6 Å².